The fraction of sp³-hybridized carbons (Fsp3) is 0.481. The molecule has 0 spiro atoms. The maximum atomic E-state index is 12.0. The first-order valence-corrected chi connectivity index (χ1v) is 12.7. The summed E-state index contributed by atoms with van der Waals surface area (Å²) >= 11 is 0. The molecule has 0 radical (unpaired) electrons. The Morgan fingerprint density at radius 3 is 2.25 bits per heavy atom. The van der Waals surface area contributed by atoms with Gasteiger partial charge in [0.25, 0.3) is 0 Å². The van der Waals surface area contributed by atoms with Crippen LogP contribution in [0.1, 0.15) is 31.4 Å². The minimum atomic E-state index is -0.373. The number of benzene rings is 1. The molecule has 0 amide bonds. The van der Waals surface area contributed by atoms with E-state index in [1.165, 1.54) is 0 Å². The molecular weight excluding hydrogens is 454 g/mol. The van der Waals surface area contributed by atoms with E-state index in [1.807, 2.05) is 37.0 Å². The van der Waals surface area contributed by atoms with Crippen LogP contribution in [0.3, 0.4) is 0 Å². The second-order valence-corrected chi connectivity index (χ2v) is 9.90. The summed E-state index contributed by atoms with van der Waals surface area (Å²) in [5, 5.41) is 4.54. The lowest BCUT2D eigenvalue weighted by Gasteiger charge is -2.39. The van der Waals surface area contributed by atoms with Gasteiger partial charge in [0.1, 0.15) is 0 Å². The van der Waals surface area contributed by atoms with E-state index in [9.17, 15) is 4.79 Å². The van der Waals surface area contributed by atoms with E-state index in [2.05, 4.69) is 57.9 Å². The molecule has 2 aliphatic heterocycles. The summed E-state index contributed by atoms with van der Waals surface area (Å²) in [7, 11) is 0. The number of para-hydroxylation sites is 1. The average Bonchev–Trinajstić information content (AvgIpc) is 3.22. The van der Waals surface area contributed by atoms with Crippen molar-refractivity contribution < 1.29 is 9.53 Å². The molecule has 4 heterocycles. The third kappa shape index (κ3) is 4.99. The largest absolute Gasteiger partial charge is 0.372 e. The van der Waals surface area contributed by atoms with Crippen LogP contribution in [0.2, 0.25) is 0 Å². The van der Waals surface area contributed by atoms with Gasteiger partial charge in [0, 0.05) is 74.2 Å². The molecule has 190 valence electrons. The number of rotatable bonds is 6. The molecule has 1 aromatic carbocycles. The van der Waals surface area contributed by atoms with Crippen LogP contribution in [0.5, 0.6) is 0 Å². The lowest BCUT2D eigenvalue weighted by atomic mass is 10.1. The van der Waals surface area contributed by atoms with Crippen molar-refractivity contribution in [2.24, 2.45) is 0 Å². The second kappa shape index (κ2) is 10.4. The molecular formula is C27H35N7O2. The fourth-order valence-corrected chi connectivity index (χ4v) is 5.40. The van der Waals surface area contributed by atoms with Gasteiger partial charge in [0.15, 0.2) is 12.5 Å². The van der Waals surface area contributed by atoms with Crippen LogP contribution in [0, 0.1) is 13.8 Å². The monoisotopic (exact) mass is 489 g/mol. The number of aromatic nitrogens is 4. The fourth-order valence-electron chi connectivity index (χ4n) is 5.40. The SMILES string of the molecule is Cc1cc(C)n(C(C=O)N2CCN(c3ccccc3-c3cnc(N4CC(C)OC(C)C4)nc3)CC2)n1. The van der Waals surface area contributed by atoms with E-state index in [-0.39, 0.29) is 18.4 Å². The topological polar surface area (TPSA) is 79.6 Å². The molecule has 36 heavy (non-hydrogen) atoms. The maximum Gasteiger partial charge on any atom is 0.225 e. The Labute approximate surface area is 212 Å². The highest BCUT2D eigenvalue weighted by Gasteiger charge is 2.28. The highest BCUT2D eigenvalue weighted by molar-refractivity contribution is 5.78. The van der Waals surface area contributed by atoms with Crippen molar-refractivity contribution >= 4 is 17.9 Å². The molecule has 9 nitrogen and oxygen atoms in total. The minimum absolute atomic E-state index is 0.163. The third-order valence-corrected chi connectivity index (χ3v) is 7.00. The zero-order chi connectivity index (χ0) is 25.2. The Morgan fingerprint density at radius 1 is 0.972 bits per heavy atom. The first kappa shape index (κ1) is 24.4. The number of morpholine rings is 1. The van der Waals surface area contributed by atoms with Crippen LogP contribution < -0.4 is 9.80 Å². The summed E-state index contributed by atoms with van der Waals surface area (Å²) in [4.78, 5) is 28.2. The normalized spacial score (nSPS) is 22.0. The van der Waals surface area contributed by atoms with Gasteiger partial charge in [-0.05, 0) is 39.8 Å². The van der Waals surface area contributed by atoms with Gasteiger partial charge in [-0.1, -0.05) is 18.2 Å². The summed E-state index contributed by atoms with van der Waals surface area (Å²) in [6, 6.07) is 10.4. The van der Waals surface area contributed by atoms with Crippen LogP contribution in [0.15, 0.2) is 42.7 Å². The van der Waals surface area contributed by atoms with Crippen molar-refractivity contribution in [3.63, 3.8) is 0 Å². The van der Waals surface area contributed by atoms with Gasteiger partial charge in [0.2, 0.25) is 5.95 Å². The smallest absolute Gasteiger partial charge is 0.225 e. The van der Waals surface area contributed by atoms with Gasteiger partial charge in [-0.3, -0.25) is 9.69 Å². The number of piperazine rings is 1. The lowest BCUT2D eigenvalue weighted by Crippen LogP contribution is -2.49. The van der Waals surface area contributed by atoms with Crippen LogP contribution in [-0.4, -0.2) is 82.4 Å². The van der Waals surface area contributed by atoms with Crippen LogP contribution >= 0.6 is 0 Å². The summed E-state index contributed by atoms with van der Waals surface area (Å²) in [5.74, 6) is 0.746. The van der Waals surface area contributed by atoms with Gasteiger partial charge in [-0.2, -0.15) is 5.10 Å². The molecule has 3 aromatic rings. The van der Waals surface area contributed by atoms with Crippen molar-refractivity contribution in [1.29, 1.82) is 0 Å². The number of hydrogen-bond acceptors (Lipinski definition) is 8. The maximum absolute atomic E-state index is 12.0. The minimum Gasteiger partial charge on any atom is -0.372 e. The Morgan fingerprint density at radius 2 is 1.64 bits per heavy atom. The van der Waals surface area contributed by atoms with Crippen molar-refractivity contribution in [3.05, 3.63) is 54.1 Å². The molecule has 2 saturated heterocycles. The predicted molar refractivity (Wildman–Crippen MR) is 140 cm³/mol. The van der Waals surface area contributed by atoms with Crippen molar-refractivity contribution in [1.82, 2.24) is 24.6 Å². The molecule has 0 bridgehead atoms. The van der Waals surface area contributed by atoms with Crippen molar-refractivity contribution in [3.8, 4) is 11.1 Å². The molecule has 0 aliphatic carbocycles. The quantitative estimate of drug-likeness (QED) is 0.489. The zero-order valence-corrected chi connectivity index (χ0v) is 21.5. The first-order chi connectivity index (χ1) is 17.4. The number of nitrogens with zero attached hydrogens (tertiary/aromatic N) is 7. The highest BCUT2D eigenvalue weighted by atomic mass is 16.5. The molecule has 3 atom stereocenters. The molecule has 0 N–H and O–H groups in total. The molecule has 0 saturated carbocycles. The molecule has 3 unspecified atom stereocenters. The van der Waals surface area contributed by atoms with Gasteiger partial charge >= 0.3 is 0 Å². The Hall–Kier alpha value is -3.30. The van der Waals surface area contributed by atoms with Crippen molar-refractivity contribution in [2.45, 2.75) is 46.1 Å². The third-order valence-electron chi connectivity index (χ3n) is 7.00. The van der Waals surface area contributed by atoms with Gasteiger partial charge in [0.05, 0.1) is 17.9 Å². The van der Waals surface area contributed by atoms with E-state index in [0.717, 1.165) is 79.7 Å². The molecule has 5 rings (SSSR count). The number of hydrogen-bond donors (Lipinski definition) is 0. The molecule has 2 aromatic heterocycles. The second-order valence-electron chi connectivity index (χ2n) is 9.90. The molecule has 2 aliphatic rings. The number of ether oxygens (including phenoxy) is 1. The predicted octanol–water partition coefficient (Wildman–Crippen LogP) is 3.09. The van der Waals surface area contributed by atoms with E-state index < -0.39 is 0 Å². The standard InChI is InChI=1S/C27H35N7O2/c1-19-13-20(2)34(30-19)26(18-35)32-11-9-31(10-12-32)25-8-6-5-7-24(25)23-14-28-27(29-15-23)33-16-21(3)36-22(4)17-33/h5-8,13-15,18,21-22,26H,9-12,16-17H2,1-4H3. The summed E-state index contributed by atoms with van der Waals surface area (Å²) in [6.07, 6.45) is 4.80. The van der Waals surface area contributed by atoms with Gasteiger partial charge < -0.3 is 14.5 Å². The number of carbonyl (C=O) groups is 1. The van der Waals surface area contributed by atoms with Gasteiger partial charge in [-0.25, -0.2) is 14.6 Å². The van der Waals surface area contributed by atoms with Gasteiger partial charge in [-0.15, -0.1) is 0 Å². The summed E-state index contributed by atoms with van der Waals surface area (Å²) < 4.78 is 7.68. The van der Waals surface area contributed by atoms with E-state index in [0.29, 0.717) is 0 Å². The molecule has 2 fully saturated rings. The van der Waals surface area contributed by atoms with Crippen LogP contribution in [0.4, 0.5) is 11.6 Å². The van der Waals surface area contributed by atoms with E-state index >= 15 is 0 Å². The first-order valence-electron chi connectivity index (χ1n) is 12.7. The Kier molecular flexibility index (Phi) is 7.02. The van der Waals surface area contributed by atoms with E-state index in [1.54, 1.807) is 0 Å². The Bertz CT molecular complexity index is 1180. The number of carbonyl (C=O) groups excluding carboxylic acids is 1. The van der Waals surface area contributed by atoms with Crippen LogP contribution in [0.25, 0.3) is 11.1 Å². The number of anilines is 2. The van der Waals surface area contributed by atoms with E-state index in [4.69, 9.17) is 14.7 Å². The average molecular weight is 490 g/mol. The number of aryl methyl sites for hydroxylation is 2. The summed E-state index contributed by atoms with van der Waals surface area (Å²) in [5.41, 5.74) is 5.21. The van der Waals surface area contributed by atoms with Crippen molar-refractivity contribution in [2.75, 3.05) is 49.1 Å². The number of aldehydes is 1. The Balaban J connectivity index is 1.30. The molecule has 9 heteroatoms. The lowest BCUT2D eigenvalue weighted by molar-refractivity contribution is -0.116. The highest BCUT2D eigenvalue weighted by Crippen LogP contribution is 2.32. The zero-order valence-electron chi connectivity index (χ0n) is 21.5. The summed E-state index contributed by atoms with van der Waals surface area (Å²) in [6.45, 7) is 12.9. The van der Waals surface area contributed by atoms with Crippen LogP contribution in [-0.2, 0) is 9.53 Å².